The molecule has 104 valence electrons. The van der Waals surface area contributed by atoms with Crippen LogP contribution in [0.2, 0.25) is 0 Å². The third-order valence-electron chi connectivity index (χ3n) is 3.78. The predicted octanol–water partition coefficient (Wildman–Crippen LogP) is 3.31. The minimum Gasteiger partial charge on any atom is -0.398 e. The number of hydrogen-bond acceptors (Lipinski definition) is 3. The number of nitrogen functional groups attached to an aromatic ring is 1. The zero-order chi connectivity index (χ0) is 14.1. The maximum absolute atomic E-state index is 12.3. The number of aryl methyl sites for hydroxylation is 2. The van der Waals surface area contributed by atoms with Crippen LogP contribution in [0.5, 0.6) is 0 Å². The van der Waals surface area contributed by atoms with Crippen LogP contribution < -0.4 is 11.1 Å². The quantitative estimate of drug-likeness (QED) is 0.851. The molecule has 1 aliphatic rings. The zero-order valence-corrected chi connectivity index (χ0v) is 12.3. The van der Waals surface area contributed by atoms with Crippen LogP contribution in [0, 0.1) is 0 Å². The molecule has 1 unspecified atom stereocenters. The van der Waals surface area contributed by atoms with E-state index in [9.17, 15) is 4.79 Å². The predicted molar refractivity (Wildman–Crippen MR) is 83.1 cm³/mol. The lowest BCUT2D eigenvalue weighted by Gasteiger charge is -2.15. The SMILES string of the molecule is CC(NC(=O)c1cc2c(s1)CCC2)c1ccccc1N. The topological polar surface area (TPSA) is 55.1 Å². The van der Waals surface area contributed by atoms with Gasteiger partial charge in [-0.2, -0.15) is 0 Å². The average molecular weight is 286 g/mol. The molecule has 2 aromatic rings. The highest BCUT2D eigenvalue weighted by atomic mass is 32.1. The Morgan fingerprint density at radius 3 is 2.90 bits per heavy atom. The number of benzene rings is 1. The number of hydrogen-bond donors (Lipinski definition) is 2. The van der Waals surface area contributed by atoms with E-state index in [1.807, 2.05) is 37.3 Å². The molecule has 0 radical (unpaired) electrons. The van der Waals surface area contributed by atoms with E-state index in [0.29, 0.717) is 5.69 Å². The highest BCUT2D eigenvalue weighted by Gasteiger charge is 2.20. The summed E-state index contributed by atoms with van der Waals surface area (Å²) in [5.74, 6) is 0.000142. The average Bonchev–Trinajstić information content (AvgIpc) is 2.99. The first-order valence-electron chi connectivity index (χ1n) is 6.92. The largest absolute Gasteiger partial charge is 0.398 e. The Morgan fingerprint density at radius 1 is 1.35 bits per heavy atom. The monoisotopic (exact) mass is 286 g/mol. The molecular formula is C16H18N2OS. The van der Waals surface area contributed by atoms with Gasteiger partial charge < -0.3 is 11.1 Å². The van der Waals surface area contributed by atoms with E-state index in [1.165, 1.54) is 16.9 Å². The van der Waals surface area contributed by atoms with Gasteiger partial charge in [0.2, 0.25) is 0 Å². The molecule has 1 aromatic heterocycles. The maximum Gasteiger partial charge on any atom is 0.261 e. The van der Waals surface area contributed by atoms with Crippen LogP contribution in [0.3, 0.4) is 0 Å². The van der Waals surface area contributed by atoms with Gasteiger partial charge in [0.25, 0.3) is 5.91 Å². The number of anilines is 1. The summed E-state index contributed by atoms with van der Waals surface area (Å²) in [5, 5.41) is 3.03. The van der Waals surface area contributed by atoms with E-state index in [-0.39, 0.29) is 11.9 Å². The second-order valence-corrected chi connectivity index (χ2v) is 6.37. The standard InChI is InChI=1S/C16H18N2OS/c1-10(12-6-2-3-7-13(12)17)18-16(19)15-9-11-5-4-8-14(11)20-15/h2-3,6-7,9-10H,4-5,8,17H2,1H3,(H,18,19). The van der Waals surface area contributed by atoms with Crippen LogP contribution >= 0.6 is 11.3 Å². The fraction of sp³-hybridized carbons (Fsp3) is 0.312. The summed E-state index contributed by atoms with van der Waals surface area (Å²) in [6, 6.07) is 9.61. The van der Waals surface area contributed by atoms with Crippen molar-refractivity contribution in [3.63, 3.8) is 0 Å². The first kappa shape index (κ1) is 13.2. The number of para-hydroxylation sites is 1. The molecule has 20 heavy (non-hydrogen) atoms. The molecule has 0 aliphatic heterocycles. The minimum atomic E-state index is -0.0827. The van der Waals surface area contributed by atoms with Crippen LogP contribution in [0.1, 0.15) is 45.1 Å². The molecule has 1 atom stereocenters. The third kappa shape index (κ3) is 2.43. The van der Waals surface area contributed by atoms with Crippen molar-refractivity contribution >= 4 is 22.9 Å². The van der Waals surface area contributed by atoms with Crippen molar-refractivity contribution in [3.8, 4) is 0 Å². The summed E-state index contributed by atoms with van der Waals surface area (Å²) in [6.07, 6.45) is 3.45. The van der Waals surface area contributed by atoms with Crippen molar-refractivity contribution in [2.75, 3.05) is 5.73 Å². The number of amides is 1. The van der Waals surface area contributed by atoms with E-state index >= 15 is 0 Å². The first-order chi connectivity index (χ1) is 9.65. The van der Waals surface area contributed by atoms with E-state index in [4.69, 9.17) is 5.73 Å². The van der Waals surface area contributed by atoms with Crippen molar-refractivity contribution in [2.24, 2.45) is 0 Å². The van der Waals surface area contributed by atoms with Crippen molar-refractivity contribution in [2.45, 2.75) is 32.2 Å². The molecule has 0 spiro atoms. The number of nitrogens with two attached hydrogens (primary N) is 1. The van der Waals surface area contributed by atoms with Crippen molar-refractivity contribution in [3.05, 3.63) is 51.2 Å². The van der Waals surface area contributed by atoms with E-state index in [2.05, 4.69) is 5.32 Å². The van der Waals surface area contributed by atoms with Crippen LogP contribution in [-0.2, 0) is 12.8 Å². The van der Waals surface area contributed by atoms with Gasteiger partial charge in [-0.15, -0.1) is 11.3 Å². The van der Waals surface area contributed by atoms with Gasteiger partial charge in [0, 0.05) is 10.6 Å². The molecule has 0 saturated heterocycles. The van der Waals surface area contributed by atoms with Gasteiger partial charge in [-0.25, -0.2) is 0 Å². The van der Waals surface area contributed by atoms with Crippen molar-refractivity contribution in [1.82, 2.24) is 5.32 Å². The molecule has 1 heterocycles. The number of thiophene rings is 1. The van der Waals surface area contributed by atoms with Gasteiger partial charge in [0.1, 0.15) is 0 Å². The zero-order valence-electron chi connectivity index (χ0n) is 11.5. The molecule has 3 rings (SSSR count). The van der Waals surface area contributed by atoms with Crippen LogP contribution in [-0.4, -0.2) is 5.91 Å². The van der Waals surface area contributed by atoms with Crippen molar-refractivity contribution in [1.29, 1.82) is 0 Å². The Bertz CT molecular complexity index is 626. The van der Waals surface area contributed by atoms with Gasteiger partial charge in [0.15, 0.2) is 0 Å². The highest BCUT2D eigenvalue weighted by molar-refractivity contribution is 7.14. The number of rotatable bonds is 3. The van der Waals surface area contributed by atoms with Gasteiger partial charge >= 0.3 is 0 Å². The molecule has 0 bridgehead atoms. The van der Waals surface area contributed by atoms with Gasteiger partial charge in [-0.1, -0.05) is 18.2 Å². The summed E-state index contributed by atoms with van der Waals surface area (Å²) in [6.45, 7) is 1.96. The Balaban J connectivity index is 1.74. The molecular weight excluding hydrogens is 268 g/mol. The van der Waals surface area contributed by atoms with Crippen molar-refractivity contribution < 1.29 is 4.79 Å². The molecule has 4 heteroatoms. The Hall–Kier alpha value is -1.81. The minimum absolute atomic E-state index is 0.000142. The normalized spacial score (nSPS) is 14.8. The highest BCUT2D eigenvalue weighted by Crippen LogP contribution is 2.31. The van der Waals surface area contributed by atoms with Gasteiger partial charge in [-0.05, 0) is 49.4 Å². The van der Waals surface area contributed by atoms with E-state index in [1.54, 1.807) is 11.3 Å². The Labute approximate surface area is 122 Å². The van der Waals surface area contributed by atoms with Crippen LogP contribution in [0.4, 0.5) is 5.69 Å². The summed E-state index contributed by atoms with van der Waals surface area (Å²) in [5.41, 5.74) is 8.98. The molecule has 0 saturated carbocycles. The molecule has 1 aliphatic carbocycles. The van der Waals surface area contributed by atoms with E-state index < -0.39 is 0 Å². The smallest absolute Gasteiger partial charge is 0.261 e. The van der Waals surface area contributed by atoms with Gasteiger partial charge in [0.05, 0.1) is 10.9 Å². The van der Waals surface area contributed by atoms with E-state index in [0.717, 1.165) is 23.3 Å². The van der Waals surface area contributed by atoms with Gasteiger partial charge in [-0.3, -0.25) is 4.79 Å². The lowest BCUT2D eigenvalue weighted by molar-refractivity contribution is 0.0944. The lowest BCUT2D eigenvalue weighted by Crippen LogP contribution is -2.26. The maximum atomic E-state index is 12.3. The van der Waals surface area contributed by atoms with Crippen LogP contribution in [0.25, 0.3) is 0 Å². The lowest BCUT2D eigenvalue weighted by atomic mass is 10.1. The van der Waals surface area contributed by atoms with Crippen LogP contribution in [0.15, 0.2) is 30.3 Å². The fourth-order valence-corrected chi connectivity index (χ4v) is 3.85. The summed E-state index contributed by atoms with van der Waals surface area (Å²) >= 11 is 1.63. The molecule has 1 amide bonds. The number of nitrogens with one attached hydrogen (secondary N) is 1. The summed E-state index contributed by atoms with van der Waals surface area (Å²) in [4.78, 5) is 14.5. The molecule has 3 nitrogen and oxygen atoms in total. The number of carbonyl (C=O) groups is 1. The Morgan fingerprint density at radius 2 is 2.15 bits per heavy atom. The Kier molecular flexibility index (Phi) is 3.49. The summed E-state index contributed by atoms with van der Waals surface area (Å²) < 4.78 is 0. The molecule has 0 fully saturated rings. The number of fused-ring (bicyclic) bond motifs is 1. The number of carbonyl (C=O) groups excluding carboxylic acids is 1. The summed E-state index contributed by atoms with van der Waals surface area (Å²) in [7, 11) is 0. The second kappa shape index (κ2) is 5.29. The fourth-order valence-electron chi connectivity index (χ4n) is 2.69. The molecule has 1 aromatic carbocycles. The first-order valence-corrected chi connectivity index (χ1v) is 7.73. The third-order valence-corrected chi connectivity index (χ3v) is 5.02. The second-order valence-electron chi connectivity index (χ2n) is 5.24. The molecule has 3 N–H and O–H groups in total.